The normalized spacial score (nSPS) is 17.4. The van der Waals surface area contributed by atoms with Crippen LogP contribution in [-0.2, 0) is 11.3 Å². The molecule has 2 aromatic heterocycles. The average Bonchev–Trinajstić information content (AvgIpc) is 2.88. The Hall–Kier alpha value is -2.97. The lowest BCUT2D eigenvalue weighted by molar-refractivity contribution is -0.131. The van der Waals surface area contributed by atoms with Gasteiger partial charge in [-0.3, -0.25) is 9.59 Å². The van der Waals surface area contributed by atoms with Crippen molar-refractivity contribution in [2.24, 2.45) is 0 Å². The van der Waals surface area contributed by atoms with Gasteiger partial charge in [-0.05, 0) is 32.8 Å². The monoisotopic (exact) mass is 390 g/mol. The second-order valence-electron chi connectivity index (χ2n) is 6.83. The Bertz CT molecular complexity index is 863. The molecule has 1 atom stereocenters. The van der Waals surface area contributed by atoms with Gasteiger partial charge in [0.1, 0.15) is 5.76 Å². The van der Waals surface area contributed by atoms with Gasteiger partial charge in [0.2, 0.25) is 11.8 Å². The van der Waals surface area contributed by atoms with E-state index in [1.807, 2.05) is 13.8 Å². The Labute approximate surface area is 162 Å². The Morgan fingerprint density at radius 2 is 2.21 bits per heavy atom. The van der Waals surface area contributed by atoms with Crippen LogP contribution in [0.2, 0.25) is 0 Å². The molecule has 1 aliphatic rings. The maximum atomic E-state index is 13.8. The number of ether oxygens (including phenoxy) is 1. The van der Waals surface area contributed by atoms with E-state index in [0.717, 1.165) is 17.3 Å². The Balaban J connectivity index is 1.62. The van der Waals surface area contributed by atoms with Crippen molar-refractivity contribution >= 4 is 11.8 Å². The zero-order valence-corrected chi connectivity index (χ0v) is 16.1. The highest BCUT2D eigenvalue weighted by atomic mass is 19.1. The number of halogens is 1. The van der Waals surface area contributed by atoms with Gasteiger partial charge in [-0.2, -0.15) is 0 Å². The molecule has 2 amide bonds. The standard InChI is InChI=1S/C19H23FN4O4/c1-11-15(12(2)28-23-11)10-24-7-6-14(4-5-17(24)25)22-18(26)13-8-16(20)19(27-3)21-9-13/h8-9,14H,4-7,10H2,1-3H3,(H,22,26). The number of aromatic nitrogens is 2. The predicted molar refractivity (Wildman–Crippen MR) is 97.2 cm³/mol. The molecule has 0 aromatic carbocycles. The lowest BCUT2D eigenvalue weighted by Crippen LogP contribution is -2.36. The number of aryl methyl sites for hydroxylation is 2. The molecule has 0 bridgehead atoms. The van der Waals surface area contributed by atoms with E-state index < -0.39 is 11.7 Å². The molecule has 1 saturated heterocycles. The first kappa shape index (κ1) is 19.8. The van der Waals surface area contributed by atoms with E-state index in [1.165, 1.54) is 13.3 Å². The van der Waals surface area contributed by atoms with Gasteiger partial charge in [-0.1, -0.05) is 5.16 Å². The number of nitrogens with zero attached hydrogens (tertiary/aromatic N) is 3. The van der Waals surface area contributed by atoms with E-state index in [1.54, 1.807) is 4.90 Å². The second-order valence-corrected chi connectivity index (χ2v) is 6.83. The fourth-order valence-electron chi connectivity index (χ4n) is 3.24. The molecule has 9 heteroatoms. The van der Waals surface area contributed by atoms with Gasteiger partial charge in [0.05, 0.1) is 24.9 Å². The van der Waals surface area contributed by atoms with Gasteiger partial charge in [0, 0.05) is 30.8 Å². The van der Waals surface area contributed by atoms with Crippen LogP contribution in [0.5, 0.6) is 5.88 Å². The smallest absolute Gasteiger partial charge is 0.253 e. The lowest BCUT2D eigenvalue weighted by atomic mass is 10.1. The Morgan fingerprint density at radius 1 is 1.43 bits per heavy atom. The molecule has 0 spiro atoms. The van der Waals surface area contributed by atoms with Gasteiger partial charge < -0.3 is 19.5 Å². The average molecular weight is 390 g/mol. The molecule has 3 heterocycles. The third-order valence-electron chi connectivity index (χ3n) is 4.94. The summed E-state index contributed by atoms with van der Waals surface area (Å²) in [6, 6.07) is 0.906. The summed E-state index contributed by atoms with van der Waals surface area (Å²) in [7, 11) is 1.31. The highest BCUT2D eigenvalue weighted by Gasteiger charge is 2.26. The van der Waals surface area contributed by atoms with Crippen LogP contribution in [0, 0.1) is 19.7 Å². The molecule has 0 aliphatic carbocycles. The number of methoxy groups -OCH3 is 1. The van der Waals surface area contributed by atoms with Gasteiger partial charge in [0.15, 0.2) is 5.82 Å². The summed E-state index contributed by atoms with van der Waals surface area (Å²) in [5, 5.41) is 6.79. The fourth-order valence-corrected chi connectivity index (χ4v) is 3.24. The molecule has 1 N–H and O–H groups in total. The summed E-state index contributed by atoms with van der Waals surface area (Å²) in [6.45, 7) is 4.61. The van der Waals surface area contributed by atoms with E-state index in [-0.39, 0.29) is 23.4 Å². The molecule has 1 fully saturated rings. The number of likely N-dealkylation sites (tertiary alicyclic amines) is 1. The van der Waals surface area contributed by atoms with Crippen molar-refractivity contribution in [3.63, 3.8) is 0 Å². The van der Waals surface area contributed by atoms with Crippen LogP contribution in [0.3, 0.4) is 0 Å². The van der Waals surface area contributed by atoms with Crippen molar-refractivity contribution in [1.82, 2.24) is 20.4 Å². The van der Waals surface area contributed by atoms with Crippen molar-refractivity contribution < 1.29 is 23.2 Å². The summed E-state index contributed by atoms with van der Waals surface area (Å²) >= 11 is 0. The van der Waals surface area contributed by atoms with Crippen LogP contribution < -0.4 is 10.1 Å². The van der Waals surface area contributed by atoms with Crippen LogP contribution >= 0.6 is 0 Å². The SMILES string of the molecule is COc1ncc(C(=O)NC2CCC(=O)N(Cc3c(C)noc3C)CC2)cc1F. The molecule has 0 radical (unpaired) electrons. The zero-order chi connectivity index (χ0) is 20.3. The Morgan fingerprint density at radius 3 is 2.86 bits per heavy atom. The first-order valence-corrected chi connectivity index (χ1v) is 9.09. The molecular weight excluding hydrogens is 367 g/mol. The van der Waals surface area contributed by atoms with Crippen LogP contribution in [-0.4, -0.2) is 46.6 Å². The summed E-state index contributed by atoms with van der Waals surface area (Å²) in [4.78, 5) is 30.4. The van der Waals surface area contributed by atoms with E-state index in [2.05, 4.69) is 15.5 Å². The van der Waals surface area contributed by atoms with Crippen molar-refractivity contribution in [3.05, 3.63) is 40.7 Å². The zero-order valence-electron chi connectivity index (χ0n) is 16.1. The van der Waals surface area contributed by atoms with Gasteiger partial charge in [-0.15, -0.1) is 0 Å². The number of carbonyl (C=O) groups is 2. The van der Waals surface area contributed by atoms with Crippen LogP contribution in [0.25, 0.3) is 0 Å². The van der Waals surface area contributed by atoms with Crippen LogP contribution in [0.4, 0.5) is 4.39 Å². The number of carbonyl (C=O) groups excluding carboxylic acids is 2. The number of nitrogens with one attached hydrogen (secondary N) is 1. The Kier molecular flexibility index (Phi) is 5.91. The second kappa shape index (κ2) is 8.37. The number of amides is 2. The molecule has 2 aromatic rings. The first-order chi connectivity index (χ1) is 13.4. The highest BCUT2D eigenvalue weighted by molar-refractivity contribution is 5.94. The van der Waals surface area contributed by atoms with Crippen molar-refractivity contribution in [1.29, 1.82) is 0 Å². The summed E-state index contributed by atoms with van der Waals surface area (Å²) in [5.41, 5.74) is 1.80. The third-order valence-corrected chi connectivity index (χ3v) is 4.94. The summed E-state index contributed by atoms with van der Waals surface area (Å²) in [6.07, 6.45) is 2.72. The molecular formula is C19H23FN4O4. The number of pyridine rings is 1. The number of rotatable bonds is 5. The van der Waals surface area contributed by atoms with E-state index in [9.17, 15) is 14.0 Å². The minimum absolute atomic E-state index is 0.0221. The van der Waals surface area contributed by atoms with Crippen LogP contribution in [0.15, 0.2) is 16.8 Å². The fraction of sp³-hybridized carbons (Fsp3) is 0.474. The van der Waals surface area contributed by atoms with Gasteiger partial charge >= 0.3 is 0 Å². The molecule has 3 rings (SSSR count). The molecule has 0 saturated carbocycles. The predicted octanol–water partition coefficient (Wildman–Crippen LogP) is 2.15. The van der Waals surface area contributed by atoms with E-state index in [4.69, 9.17) is 9.26 Å². The maximum absolute atomic E-state index is 13.8. The third kappa shape index (κ3) is 4.29. The van der Waals surface area contributed by atoms with Crippen LogP contribution in [0.1, 0.15) is 46.6 Å². The van der Waals surface area contributed by atoms with Gasteiger partial charge in [-0.25, -0.2) is 9.37 Å². The van der Waals surface area contributed by atoms with E-state index in [0.29, 0.717) is 38.1 Å². The largest absolute Gasteiger partial charge is 0.479 e. The van der Waals surface area contributed by atoms with Crippen molar-refractivity contribution in [3.8, 4) is 5.88 Å². The summed E-state index contributed by atoms with van der Waals surface area (Å²) in [5.74, 6) is -0.559. The molecule has 28 heavy (non-hydrogen) atoms. The molecule has 8 nitrogen and oxygen atoms in total. The molecule has 1 unspecified atom stereocenters. The molecule has 1 aliphatic heterocycles. The topological polar surface area (TPSA) is 97.6 Å². The number of hydrogen-bond donors (Lipinski definition) is 1. The van der Waals surface area contributed by atoms with Crippen molar-refractivity contribution in [2.45, 2.75) is 45.7 Å². The van der Waals surface area contributed by atoms with E-state index >= 15 is 0 Å². The minimum atomic E-state index is -0.697. The minimum Gasteiger partial charge on any atom is -0.479 e. The van der Waals surface area contributed by atoms with Gasteiger partial charge in [0.25, 0.3) is 5.91 Å². The number of hydrogen-bond acceptors (Lipinski definition) is 6. The molecule has 150 valence electrons. The quantitative estimate of drug-likeness (QED) is 0.840. The lowest BCUT2D eigenvalue weighted by Gasteiger charge is -2.21. The summed E-state index contributed by atoms with van der Waals surface area (Å²) < 4.78 is 23.7. The first-order valence-electron chi connectivity index (χ1n) is 9.09. The highest BCUT2D eigenvalue weighted by Crippen LogP contribution is 2.20. The van der Waals surface area contributed by atoms with Crippen molar-refractivity contribution in [2.75, 3.05) is 13.7 Å². The maximum Gasteiger partial charge on any atom is 0.253 e.